The first-order valence-corrected chi connectivity index (χ1v) is 13.9. The van der Waals surface area contributed by atoms with Crippen LogP contribution in [0.3, 0.4) is 0 Å². The molecule has 1 fully saturated rings. The number of carbonyl (C=O) groups excluding carboxylic acids is 1. The Morgan fingerprint density at radius 2 is 1.85 bits per heavy atom. The Hall–Kier alpha value is -2.29. The number of benzene rings is 2. The largest absolute Gasteiger partial charge is 0.495 e. The van der Waals surface area contributed by atoms with Gasteiger partial charge in [0.1, 0.15) is 5.75 Å². The molecule has 9 heteroatoms. The lowest BCUT2D eigenvalue weighted by atomic mass is 10.1. The van der Waals surface area contributed by atoms with Crippen LogP contribution in [0.15, 0.2) is 42.5 Å². The molecule has 1 amide bonds. The molecule has 3 rings (SSSR count). The van der Waals surface area contributed by atoms with Gasteiger partial charge in [-0.25, -0.2) is 8.42 Å². The molecule has 0 saturated carbocycles. The fourth-order valence-corrected chi connectivity index (χ4v) is 5.39. The van der Waals surface area contributed by atoms with Gasteiger partial charge in [0.05, 0.1) is 24.1 Å². The number of piperidine rings is 1. The molecule has 1 N–H and O–H groups in total. The van der Waals surface area contributed by atoms with Crippen molar-refractivity contribution >= 4 is 33.2 Å². The van der Waals surface area contributed by atoms with Crippen LogP contribution < -0.4 is 14.4 Å². The molecule has 7 nitrogen and oxygen atoms in total. The molecule has 0 radical (unpaired) electrons. The van der Waals surface area contributed by atoms with Gasteiger partial charge in [0, 0.05) is 26.1 Å². The first-order chi connectivity index (χ1) is 16.3. The van der Waals surface area contributed by atoms with E-state index in [1.165, 1.54) is 36.2 Å². The van der Waals surface area contributed by atoms with E-state index in [2.05, 4.69) is 22.3 Å². The summed E-state index contributed by atoms with van der Waals surface area (Å²) in [6, 6.07) is 13.1. The molecule has 186 valence electrons. The number of sulfonamides is 1. The predicted molar refractivity (Wildman–Crippen MR) is 137 cm³/mol. The number of carbonyl (C=O) groups is 1. The third-order valence-electron chi connectivity index (χ3n) is 5.92. The lowest BCUT2D eigenvalue weighted by Crippen LogP contribution is -2.32. The number of methoxy groups -OCH3 is 1. The molecule has 0 spiro atoms. The van der Waals surface area contributed by atoms with E-state index in [0.717, 1.165) is 31.5 Å². The van der Waals surface area contributed by atoms with Crippen molar-refractivity contribution in [2.45, 2.75) is 45.2 Å². The van der Waals surface area contributed by atoms with E-state index < -0.39 is 10.0 Å². The molecule has 0 aromatic heterocycles. The van der Waals surface area contributed by atoms with Crippen LogP contribution in [0, 0.1) is 0 Å². The maximum absolute atomic E-state index is 12.4. The third kappa shape index (κ3) is 7.89. The van der Waals surface area contributed by atoms with Crippen molar-refractivity contribution in [2.75, 3.05) is 37.3 Å². The lowest BCUT2D eigenvalue weighted by molar-refractivity contribution is -0.121. The molecule has 1 aliphatic rings. The molecule has 0 aliphatic carbocycles. The highest BCUT2D eigenvalue weighted by Crippen LogP contribution is 2.30. The zero-order chi connectivity index (χ0) is 24.6. The summed E-state index contributed by atoms with van der Waals surface area (Å²) < 4.78 is 31.0. The average molecular weight is 508 g/mol. The van der Waals surface area contributed by atoms with Crippen LogP contribution in [-0.2, 0) is 27.9 Å². The van der Waals surface area contributed by atoms with Gasteiger partial charge < -0.3 is 10.1 Å². The Morgan fingerprint density at radius 3 is 2.53 bits per heavy atom. The van der Waals surface area contributed by atoms with Crippen molar-refractivity contribution in [1.29, 1.82) is 0 Å². The van der Waals surface area contributed by atoms with Gasteiger partial charge in [-0.1, -0.05) is 42.3 Å². The van der Waals surface area contributed by atoms with Gasteiger partial charge in [0.2, 0.25) is 15.9 Å². The van der Waals surface area contributed by atoms with Crippen LogP contribution in [0.25, 0.3) is 0 Å². The lowest BCUT2D eigenvalue weighted by Gasteiger charge is -2.26. The number of hydrogen-bond donors (Lipinski definition) is 1. The van der Waals surface area contributed by atoms with Crippen LogP contribution in [0.1, 0.15) is 43.2 Å². The van der Waals surface area contributed by atoms with Crippen molar-refractivity contribution in [3.8, 4) is 5.75 Å². The molecular formula is C25H34ClN3O4S. The second-order valence-corrected chi connectivity index (χ2v) is 11.0. The van der Waals surface area contributed by atoms with Gasteiger partial charge in [-0.05, 0) is 61.7 Å². The van der Waals surface area contributed by atoms with Gasteiger partial charge in [-0.3, -0.25) is 14.0 Å². The number of likely N-dealkylation sites (tertiary alicyclic amines) is 1. The zero-order valence-electron chi connectivity index (χ0n) is 19.9. The highest BCUT2D eigenvalue weighted by Gasteiger charge is 2.19. The minimum absolute atomic E-state index is 0.109. The Bertz CT molecular complexity index is 1070. The molecule has 2 aromatic carbocycles. The number of anilines is 1. The van der Waals surface area contributed by atoms with Crippen LogP contribution in [-0.4, -0.2) is 52.2 Å². The summed E-state index contributed by atoms with van der Waals surface area (Å²) >= 11 is 6.16. The Balaban J connectivity index is 1.49. The second-order valence-electron chi connectivity index (χ2n) is 8.69. The van der Waals surface area contributed by atoms with Crippen molar-refractivity contribution in [3.05, 3.63) is 58.6 Å². The average Bonchev–Trinajstić information content (AvgIpc) is 2.80. The van der Waals surface area contributed by atoms with Crippen LogP contribution >= 0.6 is 11.6 Å². The van der Waals surface area contributed by atoms with Crippen molar-refractivity contribution < 1.29 is 17.9 Å². The summed E-state index contributed by atoms with van der Waals surface area (Å²) in [7, 11) is -2.03. The fraction of sp³-hybridized carbons (Fsp3) is 0.480. The van der Waals surface area contributed by atoms with E-state index in [-0.39, 0.29) is 18.9 Å². The number of halogens is 1. The first-order valence-electron chi connectivity index (χ1n) is 11.6. The summed E-state index contributed by atoms with van der Waals surface area (Å²) in [5.41, 5.74) is 2.77. The number of nitrogens with one attached hydrogen (secondary N) is 1. The van der Waals surface area contributed by atoms with Gasteiger partial charge >= 0.3 is 0 Å². The number of nitrogens with zero attached hydrogens (tertiary/aromatic N) is 2. The number of amides is 1. The van der Waals surface area contributed by atoms with E-state index in [1.54, 1.807) is 18.2 Å². The highest BCUT2D eigenvalue weighted by atomic mass is 35.5. The standard InChI is InChI=1S/C25H34ClN3O4S/c1-33-24-12-11-22(17-23(24)26)29(34(2,31)32)15-7-10-25(30)27-18-20-8-6-9-21(16-20)19-28-13-4-3-5-14-28/h6,8-9,11-12,16-17H,3-5,7,10,13-15,18-19H2,1-2H3,(H,27,30). The van der Waals surface area contributed by atoms with Crippen LogP contribution in [0.5, 0.6) is 5.75 Å². The SMILES string of the molecule is COc1ccc(N(CCCC(=O)NCc2cccc(CN3CCCCC3)c2)S(C)(=O)=O)cc1Cl. The van der Waals surface area contributed by atoms with Crippen molar-refractivity contribution in [2.24, 2.45) is 0 Å². The molecule has 0 bridgehead atoms. The summed E-state index contributed by atoms with van der Waals surface area (Å²) in [6.07, 6.45) is 5.59. The van der Waals surface area contributed by atoms with E-state index in [4.69, 9.17) is 16.3 Å². The summed E-state index contributed by atoms with van der Waals surface area (Å²) in [6.45, 7) is 3.87. The number of ether oxygens (including phenoxy) is 1. The summed E-state index contributed by atoms with van der Waals surface area (Å²) in [5.74, 6) is 0.362. The molecule has 0 unspecified atom stereocenters. The second kappa shape index (κ2) is 12.4. The normalized spacial score (nSPS) is 14.6. The molecule has 34 heavy (non-hydrogen) atoms. The zero-order valence-corrected chi connectivity index (χ0v) is 21.5. The topological polar surface area (TPSA) is 79.0 Å². The Morgan fingerprint density at radius 1 is 1.12 bits per heavy atom. The van der Waals surface area contributed by atoms with Gasteiger partial charge in [-0.2, -0.15) is 0 Å². The maximum atomic E-state index is 12.4. The fourth-order valence-electron chi connectivity index (χ4n) is 4.18. The van der Waals surface area contributed by atoms with Gasteiger partial charge in [-0.15, -0.1) is 0 Å². The number of rotatable bonds is 11. The predicted octanol–water partition coefficient (Wildman–Crippen LogP) is 4.20. The Kier molecular flexibility index (Phi) is 9.62. The molecule has 1 heterocycles. The third-order valence-corrected chi connectivity index (χ3v) is 7.41. The summed E-state index contributed by atoms with van der Waals surface area (Å²) in [5, 5.41) is 3.28. The molecule has 0 atom stereocenters. The molecule has 1 aliphatic heterocycles. The van der Waals surface area contributed by atoms with Crippen LogP contribution in [0.2, 0.25) is 5.02 Å². The van der Waals surface area contributed by atoms with E-state index in [0.29, 0.717) is 29.4 Å². The minimum Gasteiger partial charge on any atom is -0.495 e. The quantitative estimate of drug-likeness (QED) is 0.493. The first kappa shape index (κ1) is 26.3. The molecule has 1 saturated heterocycles. The van der Waals surface area contributed by atoms with Gasteiger partial charge in [0.25, 0.3) is 0 Å². The molecule has 2 aromatic rings. The van der Waals surface area contributed by atoms with Crippen molar-refractivity contribution in [1.82, 2.24) is 10.2 Å². The molecular weight excluding hydrogens is 474 g/mol. The van der Waals surface area contributed by atoms with Gasteiger partial charge in [0.15, 0.2) is 0 Å². The highest BCUT2D eigenvalue weighted by molar-refractivity contribution is 7.92. The monoisotopic (exact) mass is 507 g/mol. The van der Waals surface area contributed by atoms with E-state index in [1.807, 2.05) is 12.1 Å². The minimum atomic E-state index is -3.53. The number of hydrogen-bond acceptors (Lipinski definition) is 5. The smallest absolute Gasteiger partial charge is 0.232 e. The van der Waals surface area contributed by atoms with Crippen molar-refractivity contribution in [3.63, 3.8) is 0 Å². The van der Waals surface area contributed by atoms with E-state index >= 15 is 0 Å². The maximum Gasteiger partial charge on any atom is 0.232 e. The Labute approximate surface area is 208 Å². The van der Waals surface area contributed by atoms with Crippen LogP contribution in [0.4, 0.5) is 5.69 Å². The van der Waals surface area contributed by atoms with E-state index in [9.17, 15) is 13.2 Å². The summed E-state index contributed by atoms with van der Waals surface area (Å²) in [4.78, 5) is 14.9.